The fourth-order valence-corrected chi connectivity index (χ4v) is 1.91. The predicted octanol–water partition coefficient (Wildman–Crippen LogP) is 0.972. The van der Waals surface area contributed by atoms with Crippen LogP contribution in [0.4, 0.5) is 5.69 Å². The number of fused-ring (bicyclic) bond motifs is 1. The van der Waals surface area contributed by atoms with E-state index in [0.717, 1.165) is 11.3 Å². The smallest absolute Gasteiger partial charge is 0.348 e. The van der Waals surface area contributed by atoms with Crippen molar-refractivity contribution in [2.45, 2.75) is 0 Å². The van der Waals surface area contributed by atoms with Gasteiger partial charge < -0.3 is 10.8 Å². The quantitative estimate of drug-likeness (QED) is 0.707. The van der Waals surface area contributed by atoms with Crippen LogP contribution in [0.5, 0.6) is 0 Å². The zero-order valence-electron chi connectivity index (χ0n) is 6.39. The van der Waals surface area contributed by atoms with Crippen molar-refractivity contribution in [2.75, 3.05) is 5.73 Å². The lowest BCUT2D eigenvalue weighted by molar-refractivity contribution is 0.0703. The molecule has 0 fully saturated rings. The average Bonchev–Trinajstić information content (AvgIpc) is 2.45. The van der Waals surface area contributed by atoms with E-state index in [1.165, 1.54) is 6.20 Å². The number of aromatic nitrogens is 2. The maximum atomic E-state index is 10.7. The Bertz CT molecular complexity index is 480. The van der Waals surface area contributed by atoms with Crippen LogP contribution >= 0.6 is 11.3 Å². The topological polar surface area (TPSA) is 89.1 Å². The standard InChI is InChI=1S/C7H5N3O2S/c8-4-3-1-2-9-10-6(3)13-5(4)7(11)12/h1-2H,8H2,(H,11,12). The molecule has 2 aromatic heterocycles. The zero-order chi connectivity index (χ0) is 9.42. The summed E-state index contributed by atoms with van der Waals surface area (Å²) in [6.45, 7) is 0. The van der Waals surface area contributed by atoms with Gasteiger partial charge >= 0.3 is 5.97 Å². The summed E-state index contributed by atoms with van der Waals surface area (Å²) in [5.74, 6) is -1.03. The Kier molecular flexibility index (Phi) is 1.63. The Balaban J connectivity index is 2.81. The van der Waals surface area contributed by atoms with Crippen molar-refractivity contribution >= 4 is 33.2 Å². The number of nitrogens with two attached hydrogens (primary N) is 1. The van der Waals surface area contributed by atoms with Gasteiger partial charge in [0.2, 0.25) is 0 Å². The van der Waals surface area contributed by atoms with Crippen LogP contribution in [0.2, 0.25) is 0 Å². The molecular formula is C7H5N3O2S. The van der Waals surface area contributed by atoms with Crippen molar-refractivity contribution in [1.29, 1.82) is 0 Å². The predicted molar refractivity (Wildman–Crippen MR) is 48.8 cm³/mol. The van der Waals surface area contributed by atoms with Gasteiger partial charge in [0, 0.05) is 5.39 Å². The number of carboxylic acid groups (broad SMARTS) is 1. The number of anilines is 1. The van der Waals surface area contributed by atoms with E-state index >= 15 is 0 Å². The molecule has 6 heteroatoms. The summed E-state index contributed by atoms with van der Waals surface area (Å²) in [6, 6.07) is 1.65. The monoisotopic (exact) mass is 195 g/mol. The molecule has 66 valence electrons. The third-order valence-electron chi connectivity index (χ3n) is 1.61. The van der Waals surface area contributed by atoms with Crippen molar-refractivity contribution in [3.63, 3.8) is 0 Å². The number of carbonyl (C=O) groups is 1. The first-order chi connectivity index (χ1) is 6.20. The van der Waals surface area contributed by atoms with Crippen LogP contribution < -0.4 is 5.73 Å². The average molecular weight is 195 g/mol. The number of rotatable bonds is 1. The van der Waals surface area contributed by atoms with Crippen molar-refractivity contribution in [1.82, 2.24) is 10.2 Å². The number of nitrogen functional groups attached to an aromatic ring is 1. The fraction of sp³-hybridized carbons (Fsp3) is 0. The lowest BCUT2D eigenvalue weighted by Crippen LogP contribution is -1.96. The van der Waals surface area contributed by atoms with E-state index in [9.17, 15) is 4.79 Å². The minimum absolute atomic E-state index is 0.121. The Labute approximate surface area is 76.8 Å². The van der Waals surface area contributed by atoms with Gasteiger partial charge in [-0.1, -0.05) is 0 Å². The van der Waals surface area contributed by atoms with Crippen molar-refractivity contribution < 1.29 is 9.90 Å². The summed E-state index contributed by atoms with van der Waals surface area (Å²) < 4.78 is 0. The molecule has 5 nitrogen and oxygen atoms in total. The van der Waals surface area contributed by atoms with Crippen LogP contribution in [0.3, 0.4) is 0 Å². The summed E-state index contributed by atoms with van der Waals surface area (Å²) >= 11 is 1.03. The molecule has 0 aliphatic rings. The fourth-order valence-electron chi connectivity index (χ4n) is 1.03. The van der Waals surface area contributed by atoms with E-state index in [4.69, 9.17) is 10.8 Å². The van der Waals surface area contributed by atoms with Gasteiger partial charge in [-0.25, -0.2) is 4.79 Å². The highest BCUT2D eigenvalue weighted by atomic mass is 32.1. The molecule has 0 aliphatic carbocycles. The molecule has 0 saturated carbocycles. The largest absolute Gasteiger partial charge is 0.477 e. The van der Waals surface area contributed by atoms with Crippen LogP contribution in [0.15, 0.2) is 12.3 Å². The van der Waals surface area contributed by atoms with Gasteiger partial charge in [-0.3, -0.25) is 0 Å². The highest BCUT2D eigenvalue weighted by Gasteiger charge is 2.15. The van der Waals surface area contributed by atoms with Gasteiger partial charge in [0.25, 0.3) is 0 Å². The molecule has 0 aliphatic heterocycles. The maximum absolute atomic E-state index is 10.7. The minimum atomic E-state index is -1.03. The van der Waals surface area contributed by atoms with Gasteiger partial charge in [-0.05, 0) is 6.07 Å². The van der Waals surface area contributed by atoms with E-state index in [-0.39, 0.29) is 10.6 Å². The molecule has 0 bridgehead atoms. The lowest BCUT2D eigenvalue weighted by atomic mass is 10.3. The van der Waals surface area contributed by atoms with Crippen LogP contribution in [0.25, 0.3) is 10.2 Å². The van der Waals surface area contributed by atoms with E-state index in [1.54, 1.807) is 6.07 Å². The molecule has 2 aromatic rings. The van der Waals surface area contributed by atoms with E-state index in [2.05, 4.69) is 10.2 Å². The van der Waals surface area contributed by atoms with Gasteiger partial charge in [0.1, 0.15) is 9.71 Å². The second-order valence-electron chi connectivity index (χ2n) is 2.40. The summed E-state index contributed by atoms with van der Waals surface area (Å²) in [5.41, 5.74) is 5.87. The third kappa shape index (κ3) is 1.11. The minimum Gasteiger partial charge on any atom is -0.477 e. The molecule has 0 amide bonds. The second kappa shape index (κ2) is 2.67. The molecule has 0 aromatic carbocycles. The number of carboxylic acids is 1. The van der Waals surface area contributed by atoms with Crippen LogP contribution in [-0.4, -0.2) is 21.3 Å². The second-order valence-corrected chi connectivity index (χ2v) is 3.40. The lowest BCUT2D eigenvalue weighted by Gasteiger charge is -1.89. The Morgan fingerprint density at radius 3 is 3.00 bits per heavy atom. The van der Waals surface area contributed by atoms with E-state index < -0.39 is 5.97 Å². The number of thiophene rings is 1. The van der Waals surface area contributed by atoms with E-state index in [1.807, 2.05) is 0 Å². The van der Waals surface area contributed by atoms with Gasteiger partial charge in [-0.15, -0.1) is 16.4 Å². The Morgan fingerprint density at radius 1 is 1.62 bits per heavy atom. The van der Waals surface area contributed by atoms with Crippen LogP contribution in [0, 0.1) is 0 Å². The molecule has 0 atom stereocenters. The summed E-state index contributed by atoms with van der Waals surface area (Å²) in [7, 11) is 0. The molecular weight excluding hydrogens is 190 g/mol. The molecule has 3 N–H and O–H groups in total. The molecule has 0 spiro atoms. The molecule has 0 radical (unpaired) electrons. The van der Waals surface area contributed by atoms with Gasteiger partial charge in [0.05, 0.1) is 11.9 Å². The number of nitrogens with zero attached hydrogens (tertiary/aromatic N) is 2. The van der Waals surface area contributed by atoms with Crippen molar-refractivity contribution in [3.05, 3.63) is 17.1 Å². The molecule has 0 saturated heterocycles. The van der Waals surface area contributed by atoms with Crippen molar-refractivity contribution in [3.8, 4) is 0 Å². The first-order valence-electron chi connectivity index (χ1n) is 3.43. The van der Waals surface area contributed by atoms with Crippen LogP contribution in [-0.2, 0) is 0 Å². The maximum Gasteiger partial charge on any atom is 0.348 e. The molecule has 2 rings (SSSR count). The van der Waals surface area contributed by atoms with Crippen molar-refractivity contribution in [2.24, 2.45) is 0 Å². The summed E-state index contributed by atoms with van der Waals surface area (Å²) in [4.78, 5) is 11.3. The first-order valence-corrected chi connectivity index (χ1v) is 4.24. The number of hydrogen-bond donors (Lipinski definition) is 2. The molecule has 2 heterocycles. The zero-order valence-corrected chi connectivity index (χ0v) is 7.21. The number of aromatic carboxylic acids is 1. The number of hydrogen-bond acceptors (Lipinski definition) is 5. The Morgan fingerprint density at radius 2 is 2.38 bits per heavy atom. The van der Waals surface area contributed by atoms with Crippen LogP contribution in [0.1, 0.15) is 9.67 Å². The highest BCUT2D eigenvalue weighted by Crippen LogP contribution is 2.31. The SMILES string of the molecule is Nc1c(C(=O)O)sc2nnccc12. The highest BCUT2D eigenvalue weighted by molar-refractivity contribution is 7.21. The van der Waals surface area contributed by atoms with E-state index in [0.29, 0.717) is 10.2 Å². The third-order valence-corrected chi connectivity index (χ3v) is 2.71. The molecule has 0 unspecified atom stereocenters. The summed E-state index contributed by atoms with van der Waals surface area (Å²) in [5, 5.41) is 16.8. The first kappa shape index (κ1) is 7.93. The van der Waals surface area contributed by atoms with Gasteiger partial charge in [0.15, 0.2) is 0 Å². The normalized spacial score (nSPS) is 10.5. The molecule has 13 heavy (non-hydrogen) atoms. The summed E-state index contributed by atoms with van der Waals surface area (Å²) in [6.07, 6.45) is 1.48. The Hall–Kier alpha value is -1.69. The van der Waals surface area contributed by atoms with Gasteiger partial charge in [-0.2, -0.15) is 5.10 Å².